The van der Waals surface area contributed by atoms with Gasteiger partial charge in [0, 0.05) is 44.2 Å². The summed E-state index contributed by atoms with van der Waals surface area (Å²) < 4.78 is 36.8. The molecule has 1 saturated heterocycles. The van der Waals surface area contributed by atoms with E-state index in [2.05, 4.69) is 0 Å². The van der Waals surface area contributed by atoms with Crippen LogP contribution in [0.5, 0.6) is 11.5 Å². The molecule has 0 aromatic heterocycles. The lowest BCUT2D eigenvalue weighted by molar-refractivity contribution is -0.0564. The summed E-state index contributed by atoms with van der Waals surface area (Å²) in [5.41, 5.74) is 6.26. The highest BCUT2D eigenvalue weighted by atomic mass is 19.3. The molecule has 1 heterocycles. The summed E-state index contributed by atoms with van der Waals surface area (Å²) in [6, 6.07) is 5.18. The molecular weight excluding hydrogens is 266 g/mol. The Bertz CT molecular complexity index is 445. The molecule has 0 unspecified atom stereocenters. The van der Waals surface area contributed by atoms with E-state index in [-0.39, 0.29) is 12.8 Å². The fraction of sp³-hybridized carbons (Fsp3) is 0.571. The minimum Gasteiger partial charge on any atom is -0.493 e. The Labute approximate surface area is 117 Å². The van der Waals surface area contributed by atoms with Crippen LogP contribution in [-0.4, -0.2) is 44.2 Å². The Morgan fingerprint density at radius 1 is 1.25 bits per heavy atom. The van der Waals surface area contributed by atoms with Crippen LogP contribution < -0.4 is 15.2 Å². The lowest BCUT2D eigenvalue weighted by atomic mass is 10.1. The Morgan fingerprint density at radius 2 is 1.95 bits per heavy atom. The van der Waals surface area contributed by atoms with Crippen LogP contribution in [0.2, 0.25) is 0 Å². The van der Waals surface area contributed by atoms with Gasteiger partial charge in [-0.15, -0.1) is 0 Å². The van der Waals surface area contributed by atoms with Crippen molar-refractivity contribution in [2.24, 2.45) is 0 Å². The van der Waals surface area contributed by atoms with Gasteiger partial charge in [0.05, 0.1) is 7.11 Å². The first-order valence-electron chi connectivity index (χ1n) is 6.67. The van der Waals surface area contributed by atoms with Gasteiger partial charge in [-0.1, -0.05) is 0 Å². The Kier molecular flexibility index (Phi) is 4.65. The van der Waals surface area contributed by atoms with E-state index in [1.54, 1.807) is 25.3 Å². The number of methoxy groups -OCH3 is 1. The molecule has 0 spiro atoms. The molecular formula is C14H20F2N2O2. The van der Waals surface area contributed by atoms with E-state index >= 15 is 0 Å². The third-order valence-electron chi connectivity index (χ3n) is 3.44. The van der Waals surface area contributed by atoms with Gasteiger partial charge in [0.1, 0.15) is 6.61 Å². The predicted octanol–water partition coefficient (Wildman–Crippen LogP) is 2.39. The number of hydrogen-bond donors (Lipinski definition) is 1. The number of hydrogen-bond acceptors (Lipinski definition) is 4. The van der Waals surface area contributed by atoms with E-state index in [0.29, 0.717) is 43.4 Å². The molecule has 112 valence electrons. The van der Waals surface area contributed by atoms with E-state index in [1.807, 2.05) is 4.90 Å². The van der Waals surface area contributed by atoms with Crippen molar-refractivity contribution in [3.05, 3.63) is 18.2 Å². The van der Waals surface area contributed by atoms with Crippen LogP contribution in [0, 0.1) is 0 Å². The summed E-state index contributed by atoms with van der Waals surface area (Å²) in [5.74, 6) is -1.31. The number of rotatable bonds is 5. The highest BCUT2D eigenvalue weighted by molar-refractivity contribution is 5.51. The molecule has 0 aliphatic carbocycles. The summed E-state index contributed by atoms with van der Waals surface area (Å²) in [5, 5.41) is 0. The Hall–Kier alpha value is -1.56. The first-order chi connectivity index (χ1) is 9.50. The largest absolute Gasteiger partial charge is 0.493 e. The maximum atomic E-state index is 13.0. The molecule has 0 bridgehead atoms. The molecule has 2 N–H and O–H groups in total. The van der Waals surface area contributed by atoms with Gasteiger partial charge in [0.15, 0.2) is 11.5 Å². The number of benzene rings is 1. The van der Waals surface area contributed by atoms with Crippen LogP contribution in [0.3, 0.4) is 0 Å². The maximum Gasteiger partial charge on any atom is 0.250 e. The minimum atomic E-state index is -2.50. The van der Waals surface area contributed by atoms with E-state index in [4.69, 9.17) is 15.2 Å². The number of anilines is 1. The highest BCUT2D eigenvalue weighted by Crippen LogP contribution is 2.29. The van der Waals surface area contributed by atoms with Crippen LogP contribution in [0.4, 0.5) is 14.5 Å². The standard InChI is InChI=1S/C14H20F2N2O2/c1-19-13-10-11(17)2-3-12(13)20-9-8-18-6-4-14(15,16)5-7-18/h2-3,10H,4-9,17H2,1H3. The normalized spacial score (nSPS) is 18.8. The average Bonchev–Trinajstić information content (AvgIpc) is 2.42. The van der Waals surface area contributed by atoms with E-state index in [9.17, 15) is 8.78 Å². The van der Waals surface area contributed by atoms with Gasteiger partial charge < -0.3 is 15.2 Å². The van der Waals surface area contributed by atoms with E-state index in [1.165, 1.54) is 0 Å². The molecule has 1 aromatic carbocycles. The molecule has 4 nitrogen and oxygen atoms in total. The van der Waals surface area contributed by atoms with Crippen LogP contribution in [0.15, 0.2) is 18.2 Å². The smallest absolute Gasteiger partial charge is 0.250 e. The van der Waals surface area contributed by atoms with Gasteiger partial charge in [0.25, 0.3) is 5.92 Å². The molecule has 0 atom stereocenters. The van der Waals surface area contributed by atoms with Crippen LogP contribution in [0.25, 0.3) is 0 Å². The fourth-order valence-electron chi connectivity index (χ4n) is 2.19. The number of nitrogens with two attached hydrogens (primary N) is 1. The Morgan fingerprint density at radius 3 is 2.60 bits per heavy atom. The highest BCUT2D eigenvalue weighted by Gasteiger charge is 2.33. The first-order valence-corrected chi connectivity index (χ1v) is 6.67. The lowest BCUT2D eigenvalue weighted by Gasteiger charge is -2.31. The molecule has 1 fully saturated rings. The number of likely N-dealkylation sites (tertiary alicyclic amines) is 1. The van der Waals surface area contributed by atoms with Crippen LogP contribution >= 0.6 is 0 Å². The molecule has 0 saturated carbocycles. The predicted molar refractivity (Wildman–Crippen MR) is 73.5 cm³/mol. The molecule has 0 amide bonds. The monoisotopic (exact) mass is 286 g/mol. The number of nitrogen functional groups attached to an aromatic ring is 1. The number of nitrogens with zero attached hydrogens (tertiary/aromatic N) is 1. The zero-order valence-corrected chi connectivity index (χ0v) is 11.6. The summed E-state index contributed by atoms with van der Waals surface area (Å²) >= 11 is 0. The lowest BCUT2D eigenvalue weighted by Crippen LogP contribution is -2.41. The maximum absolute atomic E-state index is 13.0. The van der Waals surface area contributed by atoms with E-state index < -0.39 is 5.92 Å². The van der Waals surface area contributed by atoms with Gasteiger partial charge in [-0.3, -0.25) is 4.90 Å². The van der Waals surface area contributed by atoms with Crippen molar-refractivity contribution in [3.63, 3.8) is 0 Å². The van der Waals surface area contributed by atoms with Gasteiger partial charge in [-0.2, -0.15) is 0 Å². The van der Waals surface area contributed by atoms with Crippen molar-refractivity contribution in [1.29, 1.82) is 0 Å². The zero-order valence-electron chi connectivity index (χ0n) is 11.6. The summed E-state index contributed by atoms with van der Waals surface area (Å²) in [7, 11) is 1.55. The topological polar surface area (TPSA) is 47.7 Å². The van der Waals surface area contributed by atoms with Gasteiger partial charge in [-0.25, -0.2) is 8.78 Å². The van der Waals surface area contributed by atoms with Gasteiger partial charge in [-0.05, 0) is 12.1 Å². The Balaban J connectivity index is 1.79. The molecule has 1 aromatic rings. The number of ether oxygens (including phenoxy) is 2. The summed E-state index contributed by atoms with van der Waals surface area (Å²) in [6.07, 6.45) is -0.142. The molecule has 0 radical (unpaired) electrons. The SMILES string of the molecule is COc1cc(N)ccc1OCCN1CCC(F)(F)CC1. The average molecular weight is 286 g/mol. The van der Waals surface area contributed by atoms with Crippen molar-refractivity contribution in [3.8, 4) is 11.5 Å². The number of piperidine rings is 1. The van der Waals surface area contributed by atoms with Crippen molar-refractivity contribution >= 4 is 5.69 Å². The second-order valence-electron chi connectivity index (χ2n) is 4.96. The van der Waals surface area contributed by atoms with Crippen LogP contribution in [0.1, 0.15) is 12.8 Å². The van der Waals surface area contributed by atoms with Gasteiger partial charge in [0.2, 0.25) is 0 Å². The second-order valence-corrected chi connectivity index (χ2v) is 4.96. The molecule has 2 rings (SSSR count). The van der Waals surface area contributed by atoms with Crippen molar-refractivity contribution in [2.45, 2.75) is 18.8 Å². The molecule has 1 aliphatic heterocycles. The van der Waals surface area contributed by atoms with Crippen molar-refractivity contribution < 1.29 is 18.3 Å². The van der Waals surface area contributed by atoms with E-state index in [0.717, 1.165) is 0 Å². The minimum absolute atomic E-state index is 0.0712. The number of halogens is 2. The third-order valence-corrected chi connectivity index (χ3v) is 3.44. The number of alkyl halides is 2. The quantitative estimate of drug-likeness (QED) is 0.844. The van der Waals surface area contributed by atoms with Gasteiger partial charge >= 0.3 is 0 Å². The van der Waals surface area contributed by atoms with Crippen LogP contribution in [-0.2, 0) is 0 Å². The zero-order chi connectivity index (χ0) is 14.6. The fourth-order valence-corrected chi connectivity index (χ4v) is 2.19. The summed E-state index contributed by atoms with van der Waals surface area (Å²) in [4.78, 5) is 1.99. The first kappa shape index (κ1) is 14.8. The molecule has 20 heavy (non-hydrogen) atoms. The molecule has 1 aliphatic rings. The molecule has 6 heteroatoms. The van der Waals surface area contributed by atoms with Crippen molar-refractivity contribution in [1.82, 2.24) is 4.90 Å². The van der Waals surface area contributed by atoms with Crippen molar-refractivity contribution in [2.75, 3.05) is 39.1 Å². The summed E-state index contributed by atoms with van der Waals surface area (Å²) in [6.45, 7) is 1.89. The third kappa shape index (κ3) is 3.96. The second kappa shape index (κ2) is 6.26.